The van der Waals surface area contributed by atoms with Crippen LogP contribution in [0.1, 0.15) is 36.5 Å². The van der Waals surface area contributed by atoms with Crippen LogP contribution in [0, 0.1) is 5.92 Å². The number of rotatable bonds is 8. The summed E-state index contributed by atoms with van der Waals surface area (Å²) in [7, 11) is -1.81. The fraction of sp³-hybridized carbons (Fsp3) is 0.391. The van der Waals surface area contributed by atoms with E-state index >= 15 is 0 Å². The highest BCUT2D eigenvalue weighted by Gasteiger charge is 2.32. The number of hydrogen-bond donors (Lipinski definition) is 2. The van der Waals surface area contributed by atoms with E-state index < -0.39 is 15.9 Å². The van der Waals surface area contributed by atoms with Crippen molar-refractivity contribution in [2.75, 3.05) is 36.6 Å². The molecule has 1 unspecified atom stereocenters. The highest BCUT2D eigenvalue weighted by molar-refractivity contribution is 7.89. The third-order valence-corrected chi connectivity index (χ3v) is 7.41. The molecule has 8 nitrogen and oxygen atoms in total. The number of piperidine rings is 1. The van der Waals surface area contributed by atoms with Crippen LogP contribution in [-0.2, 0) is 14.8 Å². The largest absolute Gasteiger partial charge is 0.497 e. The molecule has 1 aliphatic rings. The minimum atomic E-state index is -3.36. The Bertz CT molecular complexity index is 1070. The molecular weight excluding hydrogens is 430 g/mol. The van der Waals surface area contributed by atoms with Crippen LogP contribution in [0.2, 0.25) is 0 Å². The monoisotopic (exact) mass is 459 g/mol. The van der Waals surface area contributed by atoms with Gasteiger partial charge in [-0.05, 0) is 43.5 Å². The molecule has 1 fully saturated rings. The maximum Gasteiger partial charge on any atom is 0.257 e. The van der Waals surface area contributed by atoms with E-state index in [1.54, 1.807) is 55.6 Å². The maximum atomic E-state index is 12.9. The van der Waals surface area contributed by atoms with E-state index in [2.05, 4.69) is 10.6 Å². The zero-order valence-electron chi connectivity index (χ0n) is 18.3. The second-order valence-electron chi connectivity index (χ2n) is 7.73. The number of carbonyl (C=O) groups is 2. The number of amides is 2. The van der Waals surface area contributed by atoms with E-state index in [1.165, 1.54) is 4.31 Å². The number of carbonyl (C=O) groups excluding carboxylic acids is 2. The Hall–Kier alpha value is -2.91. The minimum absolute atomic E-state index is 0.0780. The lowest BCUT2D eigenvalue weighted by molar-refractivity contribution is -0.120. The zero-order chi connectivity index (χ0) is 23.1. The van der Waals surface area contributed by atoms with E-state index in [0.717, 1.165) is 0 Å². The number of ether oxygens (including phenoxy) is 1. The molecule has 0 aromatic heterocycles. The predicted octanol–water partition coefficient (Wildman–Crippen LogP) is 3.34. The third kappa shape index (κ3) is 5.86. The number of sulfonamides is 1. The van der Waals surface area contributed by atoms with Gasteiger partial charge in [-0.3, -0.25) is 9.59 Å². The van der Waals surface area contributed by atoms with Crippen molar-refractivity contribution >= 4 is 33.2 Å². The van der Waals surface area contributed by atoms with Gasteiger partial charge in [0, 0.05) is 24.8 Å². The topological polar surface area (TPSA) is 105 Å². The van der Waals surface area contributed by atoms with Crippen molar-refractivity contribution in [1.29, 1.82) is 0 Å². The fourth-order valence-corrected chi connectivity index (χ4v) is 5.31. The van der Waals surface area contributed by atoms with Crippen molar-refractivity contribution in [3.05, 3.63) is 54.1 Å². The molecule has 2 aromatic rings. The first-order valence-electron chi connectivity index (χ1n) is 10.7. The van der Waals surface area contributed by atoms with Gasteiger partial charge in [-0.15, -0.1) is 0 Å². The second kappa shape index (κ2) is 10.6. The quantitative estimate of drug-likeness (QED) is 0.630. The molecule has 0 saturated carbocycles. The second-order valence-corrected chi connectivity index (χ2v) is 9.82. The van der Waals surface area contributed by atoms with Crippen LogP contribution in [0.15, 0.2) is 48.5 Å². The summed E-state index contributed by atoms with van der Waals surface area (Å²) in [6.45, 7) is 2.41. The lowest BCUT2D eigenvalue weighted by Gasteiger charge is -2.31. The Morgan fingerprint density at radius 2 is 1.91 bits per heavy atom. The molecule has 1 aliphatic heterocycles. The van der Waals surface area contributed by atoms with Crippen molar-refractivity contribution in [1.82, 2.24) is 4.31 Å². The minimum Gasteiger partial charge on any atom is -0.497 e. The number of para-hydroxylation sites is 1. The van der Waals surface area contributed by atoms with Gasteiger partial charge in [-0.1, -0.05) is 25.1 Å². The molecule has 1 heterocycles. The molecule has 2 N–H and O–H groups in total. The summed E-state index contributed by atoms with van der Waals surface area (Å²) in [5, 5.41) is 5.64. The van der Waals surface area contributed by atoms with Crippen molar-refractivity contribution in [2.45, 2.75) is 26.2 Å². The lowest BCUT2D eigenvalue weighted by atomic mass is 9.98. The van der Waals surface area contributed by atoms with Crippen LogP contribution in [0.25, 0.3) is 0 Å². The first kappa shape index (κ1) is 23.7. The van der Waals surface area contributed by atoms with Crippen molar-refractivity contribution in [3.8, 4) is 5.75 Å². The highest BCUT2D eigenvalue weighted by Crippen LogP contribution is 2.24. The van der Waals surface area contributed by atoms with Gasteiger partial charge in [0.05, 0.1) is 30.0 Å². The zero-order valence-corrected chi connectivity index (χ0v) is 19.2. The molecule has 1 saturated heterocycles. The van der Waals surface area contributed by atoms with Gasteiger partial charge in [0.1, 0.15) is 5.75 Å². The number of nitrogens with zero attached hydrogens (tertiary/aromatic N) is 1. The normalized spacial score (nSPS) is 16.9. The molecule has 2 aromatic carbocycles. The molecule has 0 bridgehead atoms. The molecular formula is C23H29N3O5S. The van der Waals surface area contributed by atoms with Crippen LogP contribution < -0.4 is 15.4 Å². The van der Waals surface area contributed by atoms with E-state index in [9.17, 15) is 18.0 Å². The highest BCUT2D eigenvalue weighted by atomic mass is 32.2. The van der Waals surface area contributed by atoms with Crippen molar-refractivity contribution in [3.63, 3.8) is 0 Å². The third-order valence-electron chi connectivity index (χ3n) is 5.37. The maximum absolute atomic E-state index is 12.9. The molecule has 0 aliphatic carbocycles. The molecule has 1 atom stereocenters. The van der Waals surface area contributed by atoms with Crippen LogP contribution >= 0.6 is 0 Å². The average molecular weight is 460 g/mol. The summed E-state index contributed by atoms with van der Waals surface area (Å²) in [4.78, 5) is 25.8. The standard InChI is InChI=1S/C23H29N3O5S/c1-3-14-32(29,30)26-13-7-8-17(16-26)22(27)25-21-12-5-4-11-20(21)23(28)24-18-9-6-10-19(15-18)31-2/h4-6,9-12,15,17H,3,7-8,13-14,16H2,1-2H3,(H,24,28)(H,25,27). The first-order valence-corrected chi connectivity index (χ1v) is 12.3. The van der Waals surface area contributed by atoms with Gasteiger partial charge in [0.2, 0.25) is 15.9 Å². The molecule has 0 spiro atoms. The number of anilines is 2. The van der Waals surface area contributed by atoms with Gasteiger partial charge in [0.15, 0.2) is 0 Å². The van der Waals surface area contributed by atoms with E-state index in [4.69, 9.17) is 4.74 Å². The van der Waals surface area contributed by atoms with Crippen LogP contribution in [0.4, 0.5) is 11.4 Å². The number of hydrogen-bond acceptors (Lipinski definition) is 5. The van der Waals surface area contributed by atoms with Crippen LogP contribution in [-0.4, -0.2) is 50.5 Å². The predicted molar refractivity (Wildman–Crippen MR) is 124 cm³/mol. The van der Waals surface area contributed by atoms with E-state index in [0.29, 0.717) is 48.5 Å². The SMILES string of the molecule is CCCS(=O)(=O)N1CCCC(C(=O)Nc2ccccc2C(=O)Nc2cccc(OC)c2)C1. The Morgan fingerprint density at radius 1 is 1.12 bits per heavy atom. The lowest BCUT2D eigenvalue weighted by Crippen LogP contribution is -2.44. The summed E-state index contributed by atoms with van der Waals surface area (Å²) in [5.41, 5.74) is 1.26. The molecule has 0 radical (unpaired) electrons. The van der Waals surface area contributed by atoms with Crippen LogP contribution in [0.3, 0.4) is 0 Å². The van der Waals surface area contributed by atoms with Crippen molar-refractivity contribution < 1.29 is 22.7 Å². The summed E-state index contributed by atoms with van der Waals surface area (Å²) in [5.74, 6) is -0.434. The van der Waals surface area contributed by atoms with E-state index in [-0.39, 0.29) is 24.1 Å². The van der Waals surface area contributed by atoms with Gasteiger partial charge < -0.3 is 15.4 Å². The van der Waals surface area contributed by atoms with Gasteiger partial charge in [-0.25, -0.2) is 12.7 Å². The van der Waals surface area contributed by atoms with E-state index in [1.807, 2.05) is 6.92 Å². The molecule has 3 rings (SSSR count). The molecule has 32 heavy (non-hydrogen) atoms. The fourth-order valence-electron chi connectivity index (χ4n) is 3.72. The first-order chi connectivity index (χ1) is 15.3. The Labute approximate surface area is 189 Å². The summed E-state index contributed by atoms with van der Waals surface area (Å²) in [6.07, 6.45) is 1.76. The summed E-state index contributed by atoms with van der Waals surface area (Å²) in [6, 6.07) is 13.7. The summed E-state index contributed by atoms with van der Waals surface area (Å²) < 4.78 is 31.4. The average Bonchev–Trinajstić information content (AvgIpc) is 2.79. The number of benzene rings is 2. The smallest absolute Gasteiger partial charge is 0.257 e. The van der Waals surface area contributed by atoms with Crippen molar-refractivity contribution in [2.24, 2.45) is 5.92 Å². The van der Waals surface area contributed by atoms with Gasteiger partial charge in [-0.2, -0.15) is 0 Å². The number of methoxy groups -OCH3 is 1. The summed E-state index contributed by atoms with van der Waals surface area (Å²) >= 11 is 0. The Kier molecular flexibility index (Phi) is 7.87. The Morgan fingerprint density at radius 3 is 2.66 bits per heavy atom. The molecule has 172 valence electrons. The number of nitrogens with one attached hydrogen (secondary N) is 2. The Balaban J connectivity index is 1.71. The van der Waals surface area contributed by atoms with Gasteiger partial charge >= 0.3 is 0 Å². The van der Waals surface area contributed by atoms with Gasteiger partial charge in [0.25, 0.3) is 5.91 Å². The molecule has 2 amide bonds. The van der Waals surface area contributed by atoms with Crippen LogP contribution in [0.5, 0.6) is 5.75 Å². The molecule has 9 heteroatoms.